The molecule has 1 aliphatic rings. The molecule has 0 saturated carbocycles. The number of halogens is 2. The maximum atomic E-state index is 2.55. The van der Waals surface area contributed by atoms with E-state index in [0.29, 0.717) is 0 Å². The average Bonchev–Trinajstić information content (AvgIpc) is 2.55. The minimum absolute atomic E-state index is 0.679. The number of hydrogen-bond acceptors (Lipinski definition) is 1. The molecule has 12 heavy (non-hydrogen) atoms. The van der Waals surface area contributed by atoms with Gasteiger partial charge >= 0.3 is 0 Å². The molecule has 0 bridgehead atoms. The monoisotopic (exact) mass is 420 g/mol. The Bertz CT molecular complexity index is 336. The van der Waals surface area contributed by atoms with Crippen LogP contribution in [0.2, 0.25) is 0 Å². The summed E-state index contributed by atoms with van der Waals surface area (Å²) in [5.74, 6) is 0. The Labute approximate surface area is 102 Å². The summed E-state index contributed by atoms with van der Waals surface area (Å²) in [6.07, 6.45) is 4.41. The first-order valence-electron chi connectivity index (χ1n) is 3.35. The standard InChI is InChI=1S/C8H6I2S2/c9-12(10)6-2-4-8(12)7-3-1-5-11-7/h1-6H. The summed E-state index contributed by atoms with van der Waals surface area (Å²) in [7, 11) is 0. The molecule has 0 saturated heterocycles. The highest BCUT2D eigenvalue weighted by atomic mass is 127. The van der Waals surface area contributed by atoms with Crippen LogP contribution in [0.4, 0.5) is 0 Å². The predicted molar refractivity (Wildman–Crippen MR) is 77.1 cm³/mol. The Hall–Kier alpha value is 0.990. The second kappa shape index (κ2) is 3.62. The van der Waals surface area contributed by atoms with Gasteiger partial charge in [0, 0.05) is 9.78 Å². The third-order valence-electron chi connectivity index (χ3n) is 1.55. The summed E-state index contributed by atoms with van der Waals surface area (Å²) < 4.78 is -0.679. The van der Waals surface area contributed by atoms with E-state index in [0.717, 1.165) is 0 Å². The van der Waals surface area contributed by atoms with Crippen LogP contribution in [0.15, 0.2) is 35.1 Å². The Balaban J connectivity index is 2.40. The number of thiophene rings is 1. The fourth-order valence-electron chi connectivity index (χ4n) is 1.02. The van der Waals surface area contributed by atoms with Gasteiger partial charge in [-0.1, -0.05) is 16.5 Å². The maximum Gasteiger partial charge on any atom is 0.0408 e. The molecule has 0 aromatic carbocycles. The van der Waals surface area contributed by atoms with Crippen LogP contribution >= 0.6 is 58.1 Å². The van der Waals surface area contributed by atoms with E-state index in [1.807, 2.05) is 11.3 Å². The van der Waals surface area contributed by atoms with E-state index in [9.17, 15) is 0 Å². The SMILES string of the molecule is IS1(I)C=CC=C1c1cccs1. The molecule has 64 valence electrons. The van der Waals surface area contributed by atoms with E-state index in [4.69, 9.17) is 0 Å². The fraction of sp³-hybridized carbons (Fsp3) is 0. The van der Waals surface area contributed by atoms with Crippen molar-refractivity contribution >= 4 is 63.0 Å². The predicted octanol–water partition coefficient (Wildman–Crippen LogP) is 5.12. The second-order valence-electron chi connectivity index (χ2n) is 2.35. The van der Waals surface area contributed by atoms with E-state index in [2.05, 4.69) is 77.5 Å². The Kier molecular flexibility index (Phi) is 2.88. The lowest BCUT2D eigenvalue weighted by Gasteiger charge is -2.20. The van der Waals surface area contributed by atoms with Crippen LogP contribution in [0.3, 0.4) is 0 Å². The third kappa shape index (κ3) is 1.76. The molecule has 2 heterocycles. The lowest BCUT2D eigenvalue weighted by atomic mass is 10.4. The van der Waals surface area contributed by atoms with Gasteiger partial charge in [-0.2, -0.15) is 0 Å². The normalized spacial score (nSPS) is 22.3. The Morgan fingerprint density at radius 1 is 1.33 bits per heavy atom. The van der Waals surface area contributed by atoms with Crippen LogP contribution in [-0.2, 0) is 0 Å². The van der Waals surface area contributed by atoms with Gasteiger partial charge < -0.3 is 0 Å². The van der Waals surface area contributed by atoms with Crippen molar-refractivity contribution in [1.82, 2.24) is 0 Å². The molecule has 0 N–H and O–H groups in total. The lowest BCUT2D eigenvalue weighted by molar-refractivity contribution is 1.93. The van der Waals surface area contributed by atoms with Crippen LogP contribution < -0.4 is 0 Å². The molecular weight excluding hydrogens is 414 g/mol. The third-order valence-corrected chi connectivity index (χ3v) is 8.64. The van der Waals surface area contributed by atoms with Gasteiger partial charge in [0.15, 0.2) is 0 Å². The van der Waals surface area contributed by atoms with Crippen molar-refractivity contribution in [2.45, 2.75) is 0 Å². The fourth-order valence-corrected chi connectivity index (χ4v) is 7.44. The molecule has 1 aliphatic heterocycles. The van der Waals surface area contributed by atoms with Crippen LogP contribution in [0.25, 0.3) is 4.91 Å². The van der Waals surface area contributed by atoms with Gasteiger partial charge in [-0.25, -0.2) is 0 Å². The highest BCUT2D eigenvalue weighted by Gasteiger charge is 2.23. The molecule has 0 atom stereocenters. The van der Waals surface area contributed by atoms with Crippen molar-refractivity contribution < 1.29 is 0 Å². The van der Waals surface area contributed by atoms with Crippen molar-refractivity contribution in [1.29, 1.82) is 0 Å². The first-order chi connectivity index (χ1) is 5.70. The first kappa shape index (κ1) is 9.54. The molecule has 0 spiro atoms. The topological polar surface area (TPSA) is 0 Å². The Morgan fingerprint density at radius 3 is 2.67 bits per heavy atom. The van der Waals surface area contributed by atoms with Crippen LogP contribution in [0.1, 0.15) is 4.88 Å². The van der Waals surface area contributed by atoms with E-state index in [-0.39, 0.29) is 0 Å². The maximum absolute atomic E-state index is 2.55. The largest absolute Gasteiger partial charge is 0.143 e. The van der Waals surface area contributed by atoms with Crippen molar-refractivity contribution in [3.8, 4) is 0 Å². The summed E-state index contributed by atoms with van der Waals surface area (Å²) in [5, 5.41) is 4.44. The van der Waals surface area contributed by atoms with Gasteiger partial charge in [-0.05, 0) is 65.3 Å². The molecule has 0 radical (unpaired) electrons. The van der Waals surface area contributed by atoms with Gasteiger partial charge in [0.05, 0.1) is 0 Å². The van der Waals surface area contributed by atoms with Crippen molar-refractivity contribution in [2.24, 2.45) is 0 Å². The van der Waals surface area contributed by atoms with Crippen molar-refractivity contribution in [2.75, 3.05) is 0 Å². The first-order valence-corrected chi connectivity index (χ1v) is 11.0. The number of allylic oxidation sites excluding steroid dienone is 2. The summed E-state index contributed by atoms with van der Waals surface area (Å²) in [5.41, 5.74) is 0. The molecule has 0 aliphatic carbocycles. The molecule has 0 nitrogen and oxygen atoms in total. The number of rotatable bonds is 1. The van der Waals surface area contributed by atoms with E-state index in [1.165, 1.54) is 9.78 Å². The van der Waals surface area contributed by atoms with Crippen LogP contribution in [0.5, 0.6) is 0 Å². The molecular formula is C8H6I2S2. The molecule has 2 rings (SSSR count). The quantitative estimate of drug-likeness (QED) is 0.554. The zero-order valence-corrected chi connectivity index (χ0v) is 12.0. The highest BCUT2D eigenvalue weighted by Crippen LogP contribution is 2.76. The van der Waals surface area contributed by atoms with E-state index in [1.54, 1.807) is 0 Å². The van der Waals surface area contributed by atoms with Gasteiger partial charge in [0.25, 0.3) is 0 Å². The number of hydrogen-bond donors (Lipinski definition) is 0. The Morgan fingerprint density at radius 2 is 2.17 bits per heavy atom. The summed E-state index contributed by atoms with van der Waals surface area (Å²) in [6.45, 7) is 0. The van der Waals surface area contributed by atoms with Crippen LogP contribution in [-0.4, -0.2) is 0 Å². The molecule has 0 fully saturated rings. The minimum atomic E-state index is -0.679. The van der Waals surface area contributed by atoms with Crippen molar-refractivity contribution in [3.63, 3.8) is 0 Å². The van der Waals surface area contributed by atoms with Gasteiger partial charge in [0.1, 0.15) is 0 Å². The molecule has 0 amide bonds. The molecule has 4 heteroatoms. The molecule has 0 unspecified atom stereocenters. The highest BCUT2D eigenvalue weighted by molar-refractivity contribution is 14.3. The second-order valence-corrected chi connectivity index (χ2v) is 18.4. The smallest absolute Gasteiger partial charge is 0.0408 e. The zero-order chi connectivity index (χ0) is 8.60. The van der Waals surface area contributed by atoms with Crippen LogP contribution in [0, 0.1) is 0 Å². The van der Waals surface area contributed by atoms with E-state index < -0.39 is 4.37 Å². The summed E-state index contributed by atoms with van der Waals surface area (Å²) in [6, 6.07) is 4.31. The van der Waals surface area contributed by atoms with Gasteiger partial charge in [-0.15, -0.1) is 11.3 Å². The average molecular weight is 420 g/mol. The minimum Gasteiger partial charge on any atom is -0.143 e. The molecule has 1 aromatic rings. The summed E-state index contributed by atoms with van der Waals surface area (Å²) in [4.78, 5) is 2.91. The zero-order valence-electron chi connectivity index (χ0n) is 6.04. The molecule has 1 aromatic heterocycles. The lowest BCUT2D eigenvalue weighted by Crippen LogP contribution is -1.75. The van der Waals surface area contributed by atoms with E-state index >= 15 is 0 Å². The van der Waals surface area contributed by atoms with Gasteiger partial charge in [-0.3, -0.25) is 0 Å². The van der Waals surface area contributed by atoms with Gasteiger partial charge in [0.2, 0.25) is 0 Å². The van der Waals surface area contributed by atoms with Crippen molar-refractivity contribution in [3.05, 3.63) is 40.0 Å². The summed E-state index contributed by atoms with van der Waals surface area (Å²) >= 11 is 6.93.